The summed E-state index contributed by atoms with van der Waals surface area (Å²) in [6, 6.07) is 2.22. The number of carbonyl (C=O) groups excluding carboxylic acids is 4. The summed E-state index contributed by atoms with van der Waals surface area (Å²) in [5, 5.41) is -1.46. The van der Waals surface area contributed by atoms with Crippen molar-refractivity contribution in [2.45, 2.75) is 25.7 Å². The second-order valence-electron chi connectivity index (χ2n) is 8.58. The number of carbonyl (C=O) groups is 4. The van der Waals surface area contributed by atoms with Crippen molar-refractivity contribution in [3.05, 3.63) is 53.4 Å². The summed E-state index contributed by atoms with van der Waals surface area (Å²) in [6.07, 6.45) is 3.60. The molecule has 2 saturated carbocycles. The standard InChI is InChI=1S/C24H16Cl6O8/c25-11-5-13(27)19(15(17(11)29)21(31)35-7-9-1-2-9)37-23(33)24(34)38-20-14(28)6-12(26)18(30)16(20)22(32)36-8-10-3-4-10/h5-6,9-10H,1-4,7-8H2. The molecule has 0 unspecified atom stereocenters. The minimum atomic E-state index is -1.64. The number of hydrogen-bond acceptors (Lipinski definition) is 8. The summed E-state index contributed by atoms with van der Waals surface area (Å²) in [4.78, 5) is 50.7. The van der Waals surface area contributed by atoms with E-state index in [0.717, 1.165) is 37.8 Å². The molecule has 2 aromatic carbocycles. The first-order valence-electron chi connectivity index (χ1n) is 11.1. The lowest BCUT2D eigenvalue weighted by molar-refractivity contribution is -0.156. The fourth-order valence-corrected chi connectivity index (χ4v) is 4.53. The fourth-order valence-electron chi connectivity index (χ4n) is 3.09. The highest BCUT2D eigenvalue weighted by molar-refractivity contribution is 6.47. The predicted molar refractivity (Wildman–Crippen MR) is 140 cm³/mol. The zero-order chi connectivity index (χ0) is 27.7. The summed E-state index contributed by atoms with van der Waals surface area (Å²) in [5.74, 6) is -5.92. The average Bonchev–Trinajstić information content (AvgIpc) is 3.78. The first-order valence-corrected chi connectivity index (χ1v) is 13.4. The van der Waals surface area contributed by atoms with Crippen LogP contribution in [0.3, 0.4) is 0 Å². The van der Waals surface area contributed by atoms with Gasteiger partial charge in [0.1, 0.15) is 11.1 Å². The molecule has 2 aromatic rings. The summed E-state index contributed by atoms with van der Waals surface area (Å²) in [6.45, 7) is 0.230. The van der Waals surface area contributed by atoms with Crippen LogP contribution in [0.25, 0.3) is 0 Å². The molecule has 2 fully saturated rings. The summed E-state index contributed by atoms with van der Waals surface area (Å²) in [5.41, 5.74) is -0.911. The largest absolute Gasteiger partial charge is 0.462 e. The third kappa shape index (κ3) is 6.79. The Morgan fingerprint density at radius 3 is 1.26 bits per heavy atom. The van der Waals surface area contributed by atoms with E-state index in [1.54, 1.807) is 0 Å². The van der Waals surface area contributed by atoms with Crippen molar-refractivity contribution in [1.82, 2.24) is 0 Å². The zero-order valence-electron chi connectivity index (χ0n) is 19.1. The topological polar surface area (TPSA) is 105 Å². The Balaban J connectivity index is 1.57. The molecule has 4 rings (SSSR count). The predicted octanol–water partition coefficient (Wildman–Crippen LogP) is 7.25. The van der Waals surface area contributed by atoms with E-state index in [9.17, 15) is 19.2 Å². The van der Waals surface area contributed by atoms with E-state index in [1.165, 1.54) is 0 Å². The summed E-state index contributed by atoms with van der Waals surface area (Å²) < 4.78 is 20.5. The molecule has 0 radical (unpaired) electrons. The lowest BCUT2D eigenvalue weighted by Crippen LogP contribution is -2.27. The second-order valence-corrected chi connectivity index (χ2v) is 11.0. The third-order valence-electron chi connectivity index (χ3n) is 5.51. The number of benzene rings is 2. The Labute approximate surface area is 246 Å². The Morgan fingerprint density at radius 1 is 0.605 bits per heavy atom. The van der Waals surface area contributed by atoms with Gasteiger partial charge in [0, 0.05) is 0 Å². The van der Waals surface area contributed by atoms with Gasteiger partial charge in [-0.25, -0.2) is 19.2 Å². The minimum absolute atomic E-state index is 0.115. The smallest absolute Gasteiger partial charge is 0.423 e. The lowest BCUT2D eigenvalue weighted by atomic mass is 10.2. The van der Waals surface area contributed by atoms with E-state index in [4.69, 9.17) is 88.6 Å². The Hall–Kier alpha value is -1.94. The number of halogens is 6. The van der Waals surface area contributed by atoms with Gasteiger partial charge in [-0.2, -0.15) is 0 Å². The van der Waals surface area contributed by atoms with E-state index in [1.807, 2.05) is 0 Å². The van der Waals surface area contributed by atoms with Crippen LogP contribution in [0.2, 0.25) is 30.1 Å². The van der Waals surface area contributed by atoms with Crippen LogP contribution < -0.4 is 9.47 Å². The van der Waals surface area contributed by atoms with E-state index >= 15 is 0 Å². The highest BCUT2D eigenvalue weighted by Crippen LogP contribution is 2.42. The number of rotatable bonds is 8. The van der Waals surface area contributed by atoms with Gasteiger partial charge in [0.25, 0.3) is 0 Å². The highest BCUT2D eigenvalue weighted by Gasteiger charge is 2.33. The van der Waals surface area contributed by atoms with Gasteiger partial charge in [-0.05, 0) is 49.7 Å². The molecule has 0 aromatic heterocycles. The van der Waals surface area contributed by atoms with Crippen LogP contribution in [0.4, 0.5) is 0 Å². The Morgan fingerprint density at radius 2 is 0.947 bits per heavy atom. The van der Waals surface area contributed by atoms with Crippen LogP contribution in [0.5, 0.6) is 11.5 Å². The van der Waals surface area contributed by atoms with Gasteiger partial charge in [-0.1, -0.05) is 69.6 Å². The SMILES string of the molecule is O=C(Oc1c(Cl)cc(Cl)c(Cl)c1C(=O)OCC1CC1)C(=O)Oc1c(Cl)cc(Cl)c(Cl)c1C(=O)OCC1CC1. The molecule has 14 heteroatoms. The summed E-state index contributed by atoms with van der Waals surface area (Å²) in [7, 11) is 0. The van der Waals surface area contributed by atoms with Gasteiger partial charge in [0.2, 0.25) is 0 Å². The normalized spacial score (nSPS) is 14.6. The molecule has 38 heavy (non-hydrogen) atoms. The average molecular weight is 645 g/mol. The maximum Gasteiger partial charge on any atom is 0.423 e. The molecule has 0 aliphatic heterocycles. The van der Waals surface area contributed by atoms with Crippen LogP contribution in [0.15, 0.2) is 12.1 Å². The molecule has 202 valence electrons. The minimum Gasteiger partial charge on any atom is -0.462 e. The van der Waals surface area contributed by atoms with E-state index < -0.39 is 46.5 Å². The van der Waals surface area contributed by atoms with Crippen molar-refractivity contribution in [3.63, 3.8) is 0 Å². The molecule has 8 nitrogen and oxygen atoms in total. The van der Waals surface area contributed by atoms with Gasteiger partial charge >= 0.3 is 23.9 Å². The molecule has 0 atom stereocenters. The number of ether oxygens (including phenoxy) is 4. The molecule has 0 spiro atoms. The van der Waals surface area contributed by atoms with Crippen LogP contribution >= 0.6 is 69.6 Å². The molecule has 0 amide bonds. The maximum atomic E-state index is 12.7. The quantitative estimate of drug-likeness (QED) is 0.128. The van der Waals surface area contributed by atoms with Crippen LogP contribution in [-0.4, -0.2) is 37.1 Å². The van der Waals surface area contributed by atoms with Crippen molar-refractivity contribution in [2.75, 3.05) is 13.2 Å². The highest BCUT2D eigenvalue weighted by atomic mass is 35.5. The van der Waals surface area contributed by atoms with E-state index in [2.05, 4.69) is 0 Å². The van der Waals surface area contributed by atoms with Crippen molar-refractivity contribution in [2.24, 2.45) is 11.8 Å². The zero-order valence-corrected chi connectivity index (χ0v) is 23.6. The Kier molecular flexibility index (Phi) is 9.22. The number of esters is 4. The van der Waals surface area contributed by atoms with Crippen molar-refractivity contribution in [1.29, 1.82) is 0 Å². The number of hydrogen-bond donors (Lipinski definition) is 0. The van der Waals surface area contributed by atoms with Crippen LogP contribution in [0.1, 0.15) is 46.4 Å². The molecular weight excluding hydrogens is 629 g/mol. The van der Waals surface area contributed by atoms with Gasteiger partial charge < -0.3 is 18.9 Å². The first-order chi connectivity index (χ1) is 18.0. The van der Waals surface area contributed by atoms with Crippen LogP contribution in [-0.2, 0) is 19.1 Å². The molecule has 0 saturated heterocycles. The first kappa shape index (κ1) is 29.1. The second kappa shape index (κ2) is 12.1. The summed E-state index contributed by atoms with van der Waals surface area (Å²) >= 11 is 36.6. The van der Waals surface area contributed by atoms with E-state index in [-0.39, 0.29) is 55.2 Å². The molecule has 0 heterocycles. The van der Waals surface area contributed by atoms with Gasteiger partial charge in [0.05, 0.1) is 43.3 Å². The fraction of sp³-hybridized carbons (Fsp3) is 0.333. The van der Waals surface area contributed by atoms with Crippen molar-refractivity contribution in [3.8, 4) is 11.5 Å². The van der Waals surface area contributed by atoms with Crippen molar-refractivity contribution < 1.29 is 38.1 Å². The Bertz CT molecular complexity index is 1230. The van der Waals surface area contributed by atoms with E-state index in [0.29, 0.717) is 0 Å². The van der Waals surface area contributed by atoms with Crippen molar-refractivity contribution >= 4 is 93.5 Å². The third-order valence-corrected chi connectivity index (χ3v) is 7.65. The molecule has 0 N–H and O–H groups in total. The molecular formula is C24H16Cl6O8. The lowest BCUT2D eigenvalue weighted by Gasteiger charge is -2.15. The van der Waals surface area contributed by atoms with Gasteiger partial charge in [0.15, 0.2) is 11.5 Å². The van der Waals surface area contributed by atoms with Gasteiger partial charge in [-0.15, -0.1) is 0 Å². The molecule has 2 aliphatic rings. The maximum absolute atomic E-state index is 12.7. The van der Waals surface area contributed by atoms with Crippen LogP contribution in [0, 0.1) is 11.8 Å². The monoisotopic (exact) mass is 642 g/mol. The van der Waals surface area contributed by atoms with Gasteiger partial charge in [-0.3, -0.25) is 0 Å². The molecule has 2 aliphatic carbocycles. The molecule has 0 bridgehead atoms.